The number of nitrogens with zero attached hydrogens (tertiary/aromatic N) is 3. The lowest BCUT2D eigenvalue weighted by molar-refractivity contribution is -0.133. The van der Waals surface area contributed by atoms with Crippen LogP contribution in [-0.2, 0) is 14.8 Å². The molecule has 4 rings (SSSR count). The second-order valence-corrected chi connectivity index (χ2v) is 9.40. The number of fused-ring (bicyclic) bond motifs is 1. The second kappa shape index (κ2) is 6.49. The molecule has 9 heteroatoms. The molecule has 2 fully saturated rings. The molecule has 1 saturated carbocycles. The normalized spacial score (nSPS) is 19.1. The zero-order valence-corrected chi connectivity index (χ0v) is 16.2. The maximum absolute atomic E-state index is 13.0. The summed E-state index contributed by atoms with van der Waals surface area (Å²) in [5.41, 5.74) is 0.839. The topological polar surface area (TPSA) is 92.8 Å². The maximum Gasteiger partial charge on any atom is 0.420 e. The third-order valence-corrected chi connectivity index (χ3v) is 7.11. The molecule has 0 radical (unpaired) electrons. The average molecular weight is 393 g/mol. The summed E-state index contributed by atoms with van der Waals surface area (Å²) >= 11 is 0. The number of aromatic nitrogens is 1. The van der Waals surface area contributed by atoms with Crippen LogP contribution in [0.2, 0.25) is 0 Å². The van der Waals surface area contributed by atoms with Crippen LogP contribution in [0.1, 0.15) is 32.7 Å². The van der Waals surface area contributed by atoms with Crippen molar-refractivity contribution in [2.45, 2.75) is 37.6 Å². The van der Waals surface area contributed by atoms with Gasteiger partial charge in [-0.2, -0.15) is 4.31 Å². The van der Waals surface area contributed by atoms with Crippen molar-refractivity contribution >= 4 is 27.0 Å². The van der Waals surface area contributed by atoms with Crippen molar-refractivity contribution in [2.75, 3.05) is 26.2 Å². The minimum Gasteiger partial charge on any atom is -0.408 e. The minimum atomic E-state index is -3.71. The quantitative estimate of drug-likeness (QED) is 0.783. The SMILES string of the molecule is CC(C)n1c(=O)oc2cc(S(=O)(=O)N3CCN(C(=O)C4CC4)CC3)ccc21. The molecule has 8 nitrogen and oxygen atoms in total. The molecule has 2 aromatic rings. The minimum absolute atomic E-state index is 0.0849. The van der Waals surface area contributed by atoms with Gasteiger partial charge in [-0.15, -0.1) is 0 Å². The first kappa shape index (κ1) is 18.2. The summed E-state index contributed by atoms with van der Waals surface area (Å²) in [7, 11) is -3.71. The van der Waals surface area contributed by atoms with Gasteiger partial charge in [0, 0.05) is 44.2 Å². The molecule has 1 aromatic carbocycles. The number of benzene rings is 1. The third-order valence-electron chi connectivity index (χ3n) is 5.22. The average Bonchev–Trinajstić information content (AvgIpc) is 3.42. The number of piperazine rings is 1. The Labute approximate surface area is 157 Å². The van der Waals surface area contributed by atoms with Crippen LogP contribution in [0.5, 0.6) is 0 Å². The number of carbonyl (C=O) groups excluding carboxylic acids is 1. The van der Waals surface area contributed by atoms with E-state index in [4.69, 9.17) is 4.42 Å². The van der Waals surface area contributed by atoms with Crippen molar-refractivity contribution in [3.8, 4) is 0 Å². The van der Waals surface area contributed by atoms with Gasteiger partial charge in [0.15, 0.2) is 5.58 Å². The van der Waals surface area contributed by atoms with Crippen LogP contribution in [0.3, 0.4) is 0 Å². The summed E-state index contributed by atoms with van der Waals surface area (Å²) in [4.78, 5) is 26.0. The highest BCUT2D eigenvalue weighted by atomic mass is 32.2. The van der Waals surface area contributed by atoms with Gasteiger partial charge in [0.25, 0.3) is 0 Å². The number of oxazole rings is 1. The van der Waals surface area contributed by atoms with Crippen LogP contribution >= 0.6 is 0 Å². The Bertz CT molecular complexity index is 1040. The summed E-state index contributed by atoms with van der Waals surface area (Å²) in [6.45, 7) is 5.10. The highest BCUT2D eigenvalue weighted by molar-refractivity contribution is 7.89. The van der Waals surface area contributed by atoms with Gasteiger partial charge >= 0.3 is 5.76 Å². The Balaban J connectivity index is 1.57. The Morgan fingerprint density at radius 1 is 1.15 bits per heavy atom. The predicted octanol–water partition coefficient (Wildman–Crippen LogP) is 1.42. The fourth-order valence-corrected chi connectivity index (χ4v) is 4.99. The zero-order chi connectivity index (χ0) is 19.3. The lowest BCUT2D eigenvalue weighted by atomic mass is 10.3. The van der Waals surface area contributed by atoms with Crippen LogP contribution in [-0.4, -0.2) is 54.3 Å². The molecule has 1 saturated heterocycles. The van der Waals surface area contributed by atoms with Gasteiger partial charge in [-0.25, -0.2) is 13.2 Å². The fourth-order valence-electron chi connectivity index (χ4n) is 3.55. The number of hydrogen-bond donors (Lipinski definition) is 0. The van der Waals surface area contributed by atoms with Crippen molar-refractivity contribution in [1.82, 2.24) is 13.8 Å². The molecule has 27 heavy (non-hydrogen) atoms. The largest absolute Gasteiger partial charge is 0.420 e. The van der Waals surface area contributed by atoms with E-state index in [1.54, 1.807) is 11.0 Å². The van der Waals surface area contributed by atoms with E-state index < -0.39 is 15.8 Å². The van der Waals surface area contributed by atoms with E-state index in [2.05, 4.69) is 0 Å². The summed E-state index contributed by atoms with van der Waals surface area (Å²) in [6.07, 6.45) is 1.89. The lowest BCUT2D eigenvalue weighted by Crippen LogP contribution is -2.50. The molecule has 0 spiro atoms. The van der Waals surface area contributed by atoms with Gasteiger partial charge in [0.2, 0.25) is 15.9 Å². The first-order chi connectivity index (χ1) is 12.8. The first-order valence-corrected chi connectivity index (χ1v) is 10.7. The molecule has 2 aliphatic rings. The van der Waals surface area contributed by atoms with Crippen molar-refractivity contribution < 1.29 is 17.6 Å². The summed E-state index contributed by atoms with van der Waals surface area (Å²) in [6, 6.07) is 4.44. The fraction of sp³-hybridized carbons (Fsp3) is 0.556. The summed E-state index contributed by atoms with van der Waals surface area (Å²) < 4.78 is 34.1. The van der Waals surface area contributed by atoms with Crippen molar-refractivity contribution in [1.29, 1.82) is 0 Å². The highest BCUT2D eigenvalue weighted by Gasteiger charge is 2.36. The molecule has 1 aliphatic heterocycles. The van der Waals surface area contributed by atoms with Crippen LogP contribution in [0.15, 0.2) is 32.3 Å². The monoisotopic (exact) mass is 393 g/mol. The van der Waals surface area contributed by atoms with Crippen molar-refractivity contribution in [3.05, 3.63) is 28.7 Å². The number of sulfonamides is 1. The van der Waals surface area contributed by atoms with Gasteiger partial charge in [-0.05, 0) is 38.8 Å². The van der Waals surface area contributed by atoms with Gasteiger partial charge < -0.3 is 9.32 Å². The molecule has 0 N–H and O–H groups in total. The number of hydrogen-bond acceptors (Lipinski definition) is 5. The third kappa shape index (κ3) is 3.19. The second-order valence-electron chi connectivity index (χ2n) is 7.46. The van der Waals surface area contributed by atoms with Crippen LogP contribution in [0, 0.1) is 5.92 Å². The van der Waals surface area contributed by atoms with Crippen LogP contribution < -0.4 is 5.76 Å². The molecule has 0 bridgehead atoms. The van der Waals surface area contributed by atoms with Crippen LogP contribution in [0.25, 0.3) is 11.1 Å². The number of rotatable bonds is 4. The van der Waals surface area contributed by atoms with Crippen molar-refractivity contribution in [3.63, 3.8) is 0 Å². The zero-order valence-electron chi connectivity index (χ0n) is 15.4. The van der Waals surface area contributed by atoms with Gasteiger partial charge in [-0.1, -0.05) is 0 Å². The van der Waals surface area contributed by atoms with E-state index >= 15 is 0 Å². The standard InChI is InChI=1S/C18H23N3O5S/c1-12(2)21-15-6-5-14(11-16(15)26-18(21)23)27(24,25)20-9-7-19(8-10-20)17(22)13-3-4-13/h5-6,11-13H,3-4,7-10H2,1-2H3. The molecule has 1 amide bonds. The lowest BCUT2D eigenvalue weighted by Gasteiger charge is -2.34. The molecule has 146 valence electrons. The van der Waals surface area contributed by atoms with E-state index in [9.17, 15) is 18.0 Å². The van der Waals surface area contributed by atoms with Gasteiger partial charge in [0.05, 0.1) is 10.4 Å². The molecule has 0 unspecified atom stereocenters. The smallest absolute Gasteiger partial charge is 0.408 e. The van der Waals surface area contributed by atoms with E-state index in [1.807, 2.05) is 13.8 Å². The Hall–Kier alpha value is -2.13. The highest BCUT2D eigenvalue weighted by Crippen LogP contribution is 2.31. The van der Waals surface area contributed by atoms with Crippen molar-refractivity contribution in [2.24, 2.45) is 5.92 Å². The van der Waals surface area contributed by atoms with E-state index in [0.29, 0.717) is 18.6 Å². The molecular formula is C18H23N3O5S. The van der Waals surface area contributed by atoms with Gasteiger partial charge in [-0.3, -0.25) is 9.36 Å². The molecule has 2 heterocycles. The number of amides is 1. The molecule has 1 aliphatic carbocycles. The Morgan fingerprint density at radius 3 is 2.41 bits per heavy atom. The Kier molecular flexibility index (Phi) is 4.38. The summed E-state index contributed by atoms with van der Waals surface area (Å²) in [5.74, 6) is -0.213. The first-order valence-electron chi connectivity index (χ1n) is 9.23. The maximum atomic E-state index is 13.0. The number of carbonyl (C=O) groups is 1. The van der Waals surface area contributed by atoms with Crippen LogP contribution in [0.4, 0.5) is 0 Å². The predicted molar refractivity (Wildman–Crippen MR) is 98.9 cm³/mol. The molecule has 0 atom stereocenters. The molecule has 1 aromatic heterocycles. The summed E-state index contributed by atoms with van der Waals surface area (Å²) in [5, 5.41) is 0. The molecular weight excluding hydrogens is 370 g/mol. The van der Waals surface area contributed by atoms with Gasteiger partial charge in [0.1, 0.15) is 0 Å². The Morgan fingerprint density at radius 2 is 1.81 bits per heavy atom. The van der Waals surface area contributed by atoms with E-state index in [-0.39, 0.29) is 41.4 Å². The van der Waals surface area contributed by atoms with E-state index in [0.717, 1.165) is 12.8 Å². The van der Waals surface area contributed by atoms with E-state index in [1.165, 1.54) is 21.0 Å².